The second-order valence-corrected chi connectivity index (χ2v) is 9.00. The van der Waals surface area contributed by atoms with Gasteiger partial charge < -0.3 is 14.9 Å². The molecule has 0 saturated heterocycles. The predicted molar refractivity (Wildman–Crippen MR) is 96.8 cm³/mol. The van der Waals surface area contributed by atoms with E-state index in [1.54, 1.807) is 0 Å². The van der Waals surface area contributed by atoms with Crippen LogP contribution >= 0.6 is 0 Å². The van der Waals surface area contributed by atoms with Crippen molar-refractivity contribution in [1.29, 1.82) is 0 Å². The van der Waals surface area contributed by atoms with Crippen LogP contribution in [0.2, 0.25) is 0 Å². The van der Waals surface area contributed by atoms with E-state index in [0.29, 0.717) is 0 Å². The number of benzene rings is 3. The predicted octanol–water partition coefficient (Wildman–Crippen LogP) is 0.105. The molecule has 0 N–H and O–H groups in total. The van der Waals surface area contributed by atoms with E-state index < -0.39 is 14.7 Å². The van der Waals surface area contributed by atoms with Gasteiger partial charge >= 0.3 is 160 Å². The van der Waals surface area contributed by atoms with Crippen molar-refractivity contribution in [2.24, 2.45) is 0 Å². The molecule has 0 heterocycles. The summed E-state index contributed by atoms with van der Waals surface area (Å²) in [6, 6.07) is 32.7. The molecule has 0 aliphatic carbocycles. The molecular weight excluding hydrogens is 519 g/mol. The first-order chi connectivity index (χ1) is 9.45. The van der Waals surface area contributed by atoms with Crippen LogP contribution in [0.3, 0.4) is 0 Å². The average Bonchev–Trinajstić information content (AvgIpc) is 2.51. The van der Waals surface area contributed by atoms with Gasteiger partial charge in [0, 0.05) is 0 Å². The van der Waals surface area contributed by atoms with Crippen LogP contribution in [0.25, 0.3) is 0 Å². The van der Waals surface area contributed by atoms with Crippen molar-refractivity contribution in [2.75, 3.05) is 0 Å². The van der Waals surface area contributed by atoms with Crippen molar-refractivity contribution in [3.05, 3.63) is 106 Å². The fourth-order valence-corrected chi connectivity index (χ4v) is 7.02. The Bertz CT molecular complexity index is 536. The molecule has 0 bridgehead atoms. The van der Waals surface area contributed by atoms with E-state index in [-0.39, 0.29) is 56.1 Å². The van der Waals surface area contributed by atoms with Gasteiger partial charge in [-0.15, -0.1) is 0 Å². The Balaban J connectivity index is 0. The van der Waals surface area contributed by atoms with Crippen molar-refractivity contribution < 1.29 is 41.2 Å². The van der Waals surface area contributed by atoms with Crippen molar-refractivity contribution in [3.63, 3.8) is 0 Å². The molecule has 23 heavy (non-hydrogen) atoms. The van der Waals surface area contributed by atoms with Gasteiger partial charge in [-0.3, -0.25) is 0 Å². The van der Waals surface area contributed by atoms with Crippen LogP contribution in [-0.2, 0) is 22.4 Å². The first-order valence-electron chi connectivity index (χ1n) is 6.40. The van der Waals surface area contributed by atoms with Gasteiger partial charge in [-0.25, -0.2) is 0 Å². The molecule has 0 saturated carbocycles. The third-order valence-electron chi connectivity index (χ3n) is 3.04. The van der Waals surface area contributed by atoms with E-state index in [9.17, 15) is 0 Å². The molecule has 0 atom stereocenters. The van der Waals surface area contributed by atoms with E-state index in [0.717, 1.165) is 0 Å². The maximum atomic E-state index is 2.26. The van der Waals surface area contributed by atoms with Gasteiger partial charge in [0.15, 0.2) is 0 Å². The maximum absolute atomic E-state index is 2.26. The molecule has 0 radical (unpaired) electrons. The zero-order valence-corrected chi connectivity index (χ0v) is 18.0. The molecule has 3 heteroatoms. The van der Waals surface area contributed by atoms with Crippen LogP contribution in [0, 0.1) is 14.9 Å². The number of hydrogen-bond acceptors (Lipinski definition) is 0. The molecule has 0 spiro atoms. The molecule has 0 aliphatic rings. The van der Waals surface area contributed by atoms with Crippen molar-refractivity contribution in [2.45, 2.75) is 0 Å². The van der Waals surface area contributed by atoms with Crippen LogP contribution in [0.15, 0.2) is 91.0 Å². The molecule has 0 fully saturated rings. The van der Waals surface area contributed by atoms with Crippen molar-refractivity contribution in [1.82, 2.24) is 0 Å². The average molecular weight is 540 g/mol. The Labute approximate surface area is 173 Å². The third kappa shape index (κ3) is 6.52. The Morgan fingerprint density at radius 2 is 0.652 bits per heavy atom. The van der Waals surface area contributed by atoms with E-state index in [1.165, 1.54) is 13.1 Å². The molecule has 3 aromatic carbocycles. The SMILES string of the molecule is [Au+].[CH3-].[CH3-].[Li+].c1ccc([As](c2ccccc2)c2ccccc2)cc1. The normalized spacial score (nSPS) is 8.74. The van der Waals surface area contributed by atoms with Crippen molar-refractivity contribution in [3.8, 4) is 0 Å². The molecular formula is C20H21AsAuLi. The van der Waals surface area contributed by atoms with Crippen LogP contribution in [0.1, 0.15) is 0 Å². The summed E-state index contributed by atoms with van der Waals surface area (Å²) in [5.41, 5.74) is 0. The third-order valence-corrected chi connectivity index (χ3v) is 8.17. The fraction of sp³-hybridized carbons (Fsp3) is 0. The molecule has 0 unspecified atom stereocenters. The van der Waals surface area contributed by atoms with Crippen molar-refractivity contribution >= 4 is 27.7 Å². The second-order valence-electron chi connectivity index (χ2n) is 4.34. The van der Waals surface area contributed by atoms with Gasteiger partial charge in [0.1, 0.15) is 0 Å². The Morgan fingerprint density at radius 1 is 0.435 bits per heavy atom. The molecule has 118 valence electrons. The fourth-order valence-electron chi connectivity index (χ4n) is 2.18. The topological polar surface area (TPSA) is 0 Å². The first-order valence-corrected chi connectivity index (χ1v) is 9.22. The summed E-state index contributed by atoms with van der Waals surface area (Å²) in [6.07, 6.45) is 0. The van der Waals surface area contributed by atoms with Gasteiger partial charge in [0.2, 0.25) is 0 Å². The monoisotopic (exact) mass is 540 g/mol. The summed E-state index contributed by atoms with van der Waals surface area (Å²) in [5.74, 6) is 0. The summed E-state index contributed by atoms with van der Waals surface area (Å²) in [6.45, 7) is 0. The summed E-state index contributed by atoms with van der Waals surface area (Å²) in [7, 11) is 0. The zero-order chi connectivity index (χ0) is 12.9. The van der Waals surface area contributed by atoms with E-state index >= 15 is 0 Å². The van der Waals surface area contributed by atoms with Crippen LogP contribution in [-0.4, -0.2) is 14.7 Å². The quantitative estimate of drug-likeness (QED) is 0.327. The van der Waals surface area contributed by atoms with Crippen LogP contribution in [0.4, 0.5) is 0 Å². The Kier molecular flexibility index (Phi) is 13.9. The zero-order valence-electron chi connectivity index (χ0n) is 13.9. The van der Waals surface area contributed by atoms with E-state index in [1.807, 2.05) is 0 Å². The molecule has 3 aromatic rings. The Hall–Kier alpha value is -0.444. The van der Waals surface area contributed by atoms with Crippen LogP contribution in [0.5, 0.6) is 0 Å². The minimum absolute atomic E-state index is 0. The molecule has 0 nitrogen and oxygen atoms in total. The summed E-state index contributed by atoms with van der Waals surface area (Å²) in [4.78, 5) is 0. The molecule has 0 amide bonds. The number of rotatable bonds is 3. The molecule has 3 rings (SSSR count). The minimum atomic E-state index is -1.39. The van der Waals surface area contributed by atoms with E-state index in [4.69, 9.17) is 0 Å². The van der Waals surface area contributed by atoms with Gasteiger partial charge in [-0.1, -0.05) is 0 Å². The van der Waals surface area contributed by atoms with Gasteiger partial charge in [0.05, 0.1) is 0 Å². The van der Waals surface area contributed by atoms with E-state index in [2.05, 4.69) is 91.0 Å². The number of hydrogen-bond donors (Lipinski definition) is 0. The van der Waals surface area contributed by atoms with Gasteiger partial charge in [0.25, 0.3) is 0 Å². The summed E-state index contributed by atoms with van der Waals surface area (Å²) in [5, 5.41) is 0. The summed E-state index contributed by atoms with van der Waals surface area (Å²) < 4.78 is 4.44. The van der Waals surface area contributed by atoms with Gasteiger partial charge in [-0.05, 0) is 0 Å². The molecule has 0 aliphatic heterocycles. The molecule has 0 aromatic heterocycles. The standard InChI is InChI=1S/C18H15As.2CH3.Au.Li/c1-4-10-16(11-5-1)19(17-12-6-2-7-13-17)18-14-8-3-9-15-18;;;;/h1-15H;2*1H3;;/q;2*-1;2*+1. The summed E-state index contributed by atoms with van der Waals surface area (Å²) >= 11 is -1.39. The van der Waals surface area contributed by atoms with Crippen LogP contribution < -0.4 is 31.9 Å². The second kappa shape index (κ2) is 12.9. The Morgan fingerprint density at radius 3 is 0.870 bits per heavy atom. The first kappa shape index (κ1) is 24.8. The van der Waals surface area contributed by atoms with Gasteiger partial charge in [-0.2, -0.15) is 0 Å².